The second kappa shape index (κ2) is 9.58. The Morgan fingerprint density at radius 3 is 2.66 bits per heavy atom. The van der Waals surface area contributed by atoms with E-state index in [1.807, 2.05) is 0 Å². The van der Waals surface area contributed by atoms with Crippen LogP contribution in [-0.4, -0.2) is 47.7 Å². The number of primary amides is 1. The number of carbonyl (C=O) groups excluding carboxylic acids is 4. The number of carbonyl (C=O) groups is 4. The van der Waals surface area contributed by atoms with E-state index >= 15 is 0 Å². The minimum atomic E-state index is -0.996. The summed E-state index contributed by atoms with van der Waals surface area (Å²) in [6, 6.07) is 3.65. The first kappa shape index (κ1) is 22.9. The van der Waals surface area contributed by atoms with E-state index < -0.39 is 36.6 Å². The summed E-state index contributed by atoms with van der Waals surface area (Å²) < 4.78 is 18.8. The lowest BCUT2D eigenvalue weighted by molar-refractivity contribution is -0.136. The zero-order valence-corrected chi connectivity index (χ0v) is 17.4. The predicted molar refractivity (Wildman–Crippen MR) is 112 cm³/mol. The molecule has 4 amide bonds. The van der Waals surface area contributed by atoms with Gasteiger partial charge < -0.3 is 25.7 Å². The molecule has 11 heteroatoms. The van der Waals surface area contributed by atoms with Crippen LogP contribution in [0.4, 0.5) is 10.1 Å². The van der Waals surface area contributed by atoms with E-state index in [9.17, 15) is 28.4 Å². The Kier molecular flexibility index (Phi) is 6.86. The van der Waals surface area contributed by atoms with Gasteiger partial charge in [0.1, 0.15) is 18.3 Å². The molecule has 10 nitrogen and oxygen atoms in total. The van der Waals surface area contributed by atoms with Crippen LogP contribution in [0.5, 0.6) is 0 Å². The number of hydrogen-bond acceptors (Lipinski definition) is 6. The molecule has 2 aromatic rings. The fraction of sp³-hybridized carbons (Fsp3) is 0.381. The largest absolute Gasteiger partial charge is 0.422 e. The van der Waals surface area contributed by atoms with Crippen LogP contribution in [-0.2, 0) is 32.3 Å². The number of nitrogens with two attached hydrogens (primary N) is 1. The molecule has 1 aliphatic rings. The molecule has 1 aliphatic heterocycles. The van der Waals surface area contributed by atoms with Crippen LogP contribution in [0, 0.1) is 0 Å². The van der Waals surface area contributed by atoms with Crippen LogP contribution in [0.25, 0.3) is 11.0 Å². The van der Waals surface area contributed by atoms with Gasteiger partial charge in [0.25, 0.3) is 0 Å². The fourth-order valence-corrected chi connectivity index (χ4v) is 3.75. The Morgan fingerprint density at radius 2 is 2.00 bits per heavy atom. The van der Waals surface area contributed by atoms with E-state index in [-0.39, 0.29) is 40.5 Å². The Morgan fingerprint density at radius 1 is 1.25 bits per heavy atom. The summed E-state index contributed by atoms with van der Waals surface area (Å²) in [6.07, 6.45) is 0.655. The first-order chi connectivity index (χ1) is 15.2. The lowest BCUT2D eigenvalue weighted by Gasteiger charge is -2.24. The maximum Gasteiger partial charge on any atom is 0.340 e. The topological polar surface area (TPSA) is 152 Å². The molecule has 1 aromatic carbocycles. The molecule has 1 unspecified atom stereocenters. The number of nitrogens with zero attached hydrogens (tertiary/aromatic N) is 1. The second-order valence-corrected chi connectivity index (χ2v) is 7.48. The Balaban J connectivity index is 1.82. The first-order valence-electron chi connectivity index (χ1n) is 9.99. The van der Waals surface area contributed by atoms with Crippen molar-refractivity contribution in [1.29, 1.82) is 0 Å². The molecule has 0 bridgehead atoms. The molecule has 1 atom stereocenters. The number of rotatable bonds is 7. The normalized spacial score (nSPS) is 15.6. The van der Waals surface area contributed by atoms with Crippen molar-refractivity contribution in [3.05, 3.63) is 39.7 Å². The lowest BCUT2D eigenvalue weighted by Crippen LogP contribution is -2.46. The molecule has 0 spiro atoms. The second-order valence-electron chi connectivity index (χ2n) is 7.48. The van der Waals surface area contributed by atoms with Crippen molar-refractivity contribution in [2.24, 2.45) is 5.73 Å². The van der Waals surface area contributed by atoms with Crippen molar-refractivity contribution >= 4 is 40.3 Å². The van der Waals surface area contributed by atoms with E-state index in [0.29, 0.717) is 25.1 Å². The molecule has 3 rings (SSSR count). The van der Waals surface area contributed by atoms with Crippen LogP contribution in [0.3, 0.4) is 0 Å². The maximum absolute atomic E-state index is 13.6. The van der Waals surface area contributed by atoms with Gasteiger partial charge in [-0.25, -0.2) is 9.18 Å². The monoisotopic (exact) mass is 446 g/mol. The van der Waals surface area contributed by atoms with Gasteiger partial charge in [0, 0.05) is 36.2 Å². The van der Waals surface area contributed by atoms with Gasteiger partial charge in [-0.05, 0) is 25.0 Å². The summed E-state index contributed by atoms with van der Waals surface area (Å²) >= 11 is 0. The molecular formula is C21H23FN4O6. The molecule has 0 aliphatic carbocycles. The van der Waals surface area contributed by atoms with Gasteiger partial charge in [-0.15, -0.1) is 0 Å². The highest BCUT2D eigenvalue weighted by molar-refractivity contribution is 5.99. The average Bonchev–Trinajstić information content (AvgIpc) is 3.22. The van der Waals surface area contributed by atoms with Crippen LogP contribution in [0.1, 0.15) is 30.9 Å². The fourth-order valence-electron chi connectivity index (χ4n) is 3.75. The van der Waals surface area contributed by atoms with Crippen LogP contribution in [0.2, 0.25) is 0 Å². The third-order valence-electron chi connectivity index (χ3n) is 5.24. The Bertz CT molecular complexity index is 1150. The Hall–Kier alpha value is -3.76. The van der Waals surface area contributed by atoms with E-state index in [0.717, 1.165) is 0 Å². The number of hydrogen-bond donors (Lipinski definition) is 3. The molecule has 1 saturated heterocycles. The van der Waals surface area contributed by atoms with E-state index in [4.69, 9.17) is 10.2 Å². The van der Waals surface area contributed by atoms with Crippen molar-refractivity contribution in [3.8, 4) is 0 Å². The molecule has 4 N–H and O–H groups in total. The smallest absolute Gasteiger partial charge is 0.340 e. The number of anilines is 1. The number of nitrogens with one attached hydrogen (secondary N) is 2. The summed E-state index contributed by atoms with van der Waals surface area (Å²) in [7, 11) is 0. The molecule has 2 heterocycles. The van der Waals surface area contributed by atoms with Crippen molar-refractivity contribution in [2.45, 2.75) is 38.9 Å². The van der Waals surface area contributed by atoms with Crippen LogP contribution >= 0.6 is 0 Å². The highest BCUT2D eigenvalue weighted by Gasteiger charge is 2.34. The number of halogens is 1. The SMILES string of the molecule is CC(=O)NCC(=O)N1CCCC1C(=O)Nc1ccc2c(CF)c(CC(N)=O)c(=O)oc2c1. The van der Waals surface area contributed by atoms with E-state index in [1.54, 1.807) is 0 Å². The molecule has 170 valence electrons. The third-order valence-corrected chi connectivity index (χ3v) is 5.24. The Labute approximate surface area is 181 Å². The van der Waals surface area contributed by atoms with Gasteiger partial charge >= 0.3 is 5.63 Å². The van der Waals surface area contributed by atoms with Crippen LogP contribution < -0.4 is 22.0 Å². The molecule has 1 fully saturated rings. The summed E-state index contributed by atoms with van der Waals surface area (Å²) in [4.78, 5) is 60.9. The van der Waals surface area contributed by atoms with E-state index in [1.165, 1.54) is 30.0 Å². The molecule has 0 radical (unpaired) electrons. The highest BCUT2D eigenvalue weighted by Crippen LogP contribution is 2.26. The average molecular weight is 446 g/mol. The van der Waals surface area contributed by atoms with Gasteiger partial charge in [-0.2, -0.15) is 0 Å². The first-order valence-corrected chi connectivity index (χ1v) is 9.99. The van der Waals surface area contributed by atoms with Gasteiger partial charge in [0.05, 0.1) is 18.5 Å². The van der Waals surface area contributed by atoms with Crippen molar-refractivity contribution in [1.82, 2.24) is 10.2 Å². The number of alkyl halides is 1. The lowest BCUT2D eigenvalue weighted by atomic mass is 10.0. The summed E-state index contributed by atoms with van der Waals surface area (Å²) in [5, 5.41) is 5.39. The van der Waals surface area contributed by atoms with Crippen molar-refractivity contribution < 1.29 is 28.0 Å². The standard InChI is InChI=1S/C21H23FN4O6/c1-11(27)24-10-19(29)26-6-2-3-16(26)20(30)25-12-4-5-13-15(9-22)14(8-18(23)28)21(31)32-17(13)7-12/h4-5,7,16H,2-3,6,8-10H2,1H3,(H2,23,28)(H,24,27)(H,25,30). The van der Waals surface area contributed by atoms with Crippen LogP contribution in [0.15, 0.2) is 27.4 Å². The molecule has 0 saturated carbocycles. The summed E-state index contributed by atoms with van der Waals surface area (Å²) in [6.45, 7) is 0.500. The number of likely N-dealkylation sites (tertiary alicyclic amines) is 1. The highest BCUT2D eigenvalue weighted by atomic mass is 19.1. The van der Waals surface area contributed by atoms with Crippen molar-refractivity contribution in [3.63, 3.8) is 0 Å². The predicted octanol–water partition coefficient (Wildman–Crippen LogP) is 0.356. The molecular weight excluding hydrogens is 423 g/mol. The minimum Gasteiger partial charge on any atom is -0.422 e. The van der Waals surface area contributed by atoms with Gasteiger partial charge in [-0.3, -0.25) is 19.2 Å². The van der Waals surface area contributed by atoms with Gasteiger partial charge in [-0.1, -0.05) is 0 Å². The quantitative estimate of drug-likeness (QED) is 0.522. The van der Waals surface area contributed by atoms with E-state index in [2.05, 4.69) is 10.6 Å². The summed E-state index contributed by atoms with van der Waals surface area (Å²) in [5.74, 6) is -1.93. The van der Waals surface area contributed by atoms with Crippen molar-refractivity contribution in [2.75, 3.05) is 18.4 Å². The van der Waals surface area contributed by atoms with Gasteiger partial charge in [0.15, 0.2) is 0 Å². The minimum absolute atomic E-state index is 0.0125. The molecule has 32 heavy (non-hydrogen) atoms. The molecule has 1 aromatic heterocycles. The zero-order chi connectivity index (χ0) is 23.4. The maximum atomic E-state index is 13.6. The summed E-state index contributed by atoms with van der Waals surface area (Å²) in [5.41, 5.74) is 4.46. The number of benzene rings is 1. The van der Waals surface area contributed by atoms with Gasteiger partial charge in [0.2, 0.25) is 23.6 Å². The third kappa shape index (κ3) is 4.93. The number of fused-ring (bicyclic) bond motifs is 1. The number of amides is 4. The zero-order valence-electron chi connectivity index (χ0n) is 17.4.